The van der Waals surface area contributed by atoms with Gasteiger partial charge in [-0.15, -0.1) is 0 Å². The van der Waals surface area contributed by atoms with Crippen LogP contribution in [0.3, 0.4) is 0 Å². The van der Waals surface area contributed by atoms with Gasteiger partial charge in [0, 0.05) is 37.7 Å². The van der Waals surface area contributed by atoms with E-state index in [9.17, 15) is 4.79 Å². The summed E-state index contributed by atoms with van der Waals surface area (Å²) >= 11 is -2.81. The first-order valence-electron chi connectivity index (χ1n) is 2.76. The molecule has 0 saturated heterocycles. The van der Waals surface area contributed by atoms with Gasteiger partial charge in [0.2, 0.25) is 0 Å². The van der Waals surface area contributed by atoms with E-state index in [1.807, 2.05) is 10.2 Å². The number of hydrogen-bond acceptors (Lipinski definition) is 3. The summed E-state index contributed by atoms with van der Waals surface area (Å²) in [5.74, 6) is -0.781. The van der Waals surface area contributed by atoms with Gasteiger partial charge in [-0.25, -0.2) is 0 Å². The standard InChI is InChI=1S/C3H4O2.CH4S.CH3.Ar.H2S.U/c1-2-3(4)5;1-2;;;;/h1H3,(H,4,5);2H,1H3;1H3;;1H2;/q;;;;;+2/p-2. The summed E-state index contributed by atoms with van der Waals surface area (Å²) in [4.78, 5) is 10.5. The van der Waals surface area contributed by atoms with Crippen molar-refractivity contribution >= 4 is 24.5 Å². The fourth-order valence-corrected chi connectivity index (χ4v) is 7.84. The average Bonchev–Trinajstić information content (AvgIpc) is 1.86. The molecule has 2 nitrogen and oxygen atoms in total. The molecule has 0 aliphatic heterocycles. The number of carbonyl (C=O) groups is 1. The Morgan fingerprint density at radius 3 is 2.09 bits per heavy atom. The van der Waals surface area contributed by atoms with E-state index in [4.69, 9.17) is 5.11 Å². The molecule has 67 valence electrons. The normalized spacial score (nSPS) is 14.5. The van der Waals surface area contributed by atoms with E-state index < -0.39 is 26.6 Å². The molecule has 0 aromatic heterocycles. The van der Waals surface area contributed by atoms with E-state index in [0.29, 0.717) is 2.52 Å². The fraction of sp³-hybridized carbons (Fsp3) is 0.600. The molecule has 0 heterocycles. The van der Waals surface area contributed by atoms with Gasteiger partial charge in [0.15, 0.2) is 0 Å². The molecule has 6 heteroatoms. The van der Waals surface area contributed by atoms with Gasteiger partial charge in [0.1, 0.15) is 0 Å². The van der Waals surface area contributed by atoms with Crippen molar-refractivity contribution in [1.29, 1.82) is 0 Å². The van der Waals surface area contributed by atoms with Crippen molar-refractivity contribution in [3.63, 3.8) is 0 Å². The van der Waals surface area contributed by atoms with Crippen LogP contribution in [-0.4, -0.2) is 19.9 Å². The number of aliphatic carboxylic acids is 1. The molecular formula is C5H11ArO2S2U. The second-order valence-corrected chi connectivity index (χ2v) is 37.7. The first-order chi connectivity index (χ1) is 4.41. The topological polar surface area (TPSA) is 37.3 Å². The van der Waals surface area contributed by atoms with Crippen molar-refractivity contribution in [3.05, 3.63) is 0 Å². The molecule has 0 aromatic carbocycles. The summed E-state index contributed by atoms with van der Waals surface area (Å²) in [5.41, 5.74) is 0. The summed E-state index contributed by atoms with van der Waals surface area (Å²) in [6.07, 6.45) is 1.93. The van der Waals surface area contributed by atoms with Crippen LogP contribution in [0.25, 0.3) is 0 Å². The van der Waals surface area contributed by atoms with Crippen LogP contribution in [0.5, 0.6) is 0 Å². The minimum Gasteiger partial charge on any atom is 0 e. The van der Waals surface area contributed by atoms with E-state index in [0.717, 1.165) is 0 Å². The van der Waals surface area contributed by atoms with Crippen LogP contribution < -0.4 is 0 Å². The summed E-state index contributed by atoms with van der Waals surface area (Å²) in [6, 6.07) is 0. The minimum atomic E-state index is -2.81. The Balaban J connectivity index is 0. The van der Waals surface area contributed by atoms with Crippen molar-refractivity contribution in [3.8, 4) is 0 Å². The third kappa shape index (κ3) is 5.62. The van der Waals surface area contributed by atoms with E-state index in [-0.39, 0.29) is 37.7 Å². The Morgan fingerprint density at radius 1 is 1.64 bits per heavy atom. The summed E-state index contributed by atoms with van der Waals surface area (Å²) in [5, 5.41) is 8.61. The predicted octanol–water partition coefficient (Wildman–Crippen LogP) is 1.59. The number of carboxylic acid groups (broad SMARTS) is 1. The Hall–Kier alpha value is 2.35. The van der Waals surface area contributed by atoms with Gasteiger partial charge in [0.05, 0.1) is 0 Å². The number of rotatable bonds is 2. The third-order valence-corrected chi connectivity index (χ3v) is 29.9. The molecule has 0 fully saturated rings. The van der Waals surface area contributed by atoms with Crippen LogP contribution in [-0.2, 0) is 4.79 Å². The Kier molecular flexibility index (Phi) is 9.71. The van der Waals surface area contributed by atoms with Gasteiger partial charge < -0.3 is 0 Å². The van der Waals surface area contributed by atoms with Crippen LogP contribution in [0.4, 0.5) is 0 Å². The van der Waals surface area contributed by atoms with Crippen molar-refractivity contribution in [1.82, 2.24) is 0 Å². The quantitative estimate of drug-likeness (QED) is 0.635. The predicted molar refractivity (Wildman–Crippen MR) is 46.7 cm³/mol. The summed E-state index contributed by atoms with van der Waals surface area (Å²) in [6.45, 7) is 1.68. The number of carboxylic acids is 1. The molecular weight excluding hydrogens is 434 g/mol. The molecule has 0 aromatic rings. The Bertz CT molecular complexity index is 199. The molecule has 11 heavy (non-hydrogen) atoms. The van der Waals surface area contributed by atoms with Gasteiger partial charge >= 0.3 is 72.2 Å². The maximum atomic E-state index is 10.5. The Morgan fingerprint density at radius 2 is 2.00 bits per heavy atom. The zero-order valence-electron chi connectivity index (χ0n) is 6.56. The van der Waals surface area contributed by atoms with Crippen LogP contribution in [0, 0.1) is 58.3 Å². The van der Waals surface area contributed by atoms with Crippen LogP contribution in [0.1, 0.15) is 6.92 Å². The third-order valence-electron chi connectivity index (χ3n) is 1.41. The molecule has 0 amide bonds. The van der Waals surface area contributed by atoms with Crippen LogP contribution in [0.2, 0.25) is 3.96 Å². The van der Waals surface area contributed by atoms with E-state index in [1.165, 1.54) is 0 Å². The molecule has 0 saturated carbocycles. The Labute approximate surface area is 108 Å². The average molecular weight is 445 g/mol. The second kappa shape index (κ2) is 6.75. The largest absolute Gasteiger partial charge is 0 e. The maximum absolute atomic E-state index is 10.5. The molecule has 0 spiro atoms. The van der Waals surface area contributed by atoms with Crippen molar-refractivity contribution < 1.29 is 68.2 Å². The zero-order valence-corrected chi connectivity index (χ0v) is 13.1. The SMILES string of the molecule is C[S][U]([CH3])([SH])=[C](C)C(=O)O.[Ar]. The van der Waals surface area contributed by atoms with Crippen LogP contribution >= 0.6 is 16.0 Å². The maximum Gasteiger partial charge on any atom is 0 e. The smallest absolute Gasteiger partial charge is 0 e. The van der Waals surface area contributed by atoms with Gasteiger partial charge in [0.25, 0.3) is 0 Å². The summed E-state index contributed by atoms with van der Waals surface area (Å²) < 4.78 is 2.59. The minimum absolute atomic E-state index is 0. The van der Waals surface area contributed by atoms with Gasteiger partial charge in [-0.3, -0.25) is 0 Å². The van der Waals surface area contributed by atoms with E-state index >= 15 is 0 Å². The summed E-state index contributed by atoms with van der Waals surface area (Å²) in [7, 11) is 6.04. The van der Waals surface area contributed by atoms with Crippen molar-refractivity contribution in [2.45, 2.75) is 10.9 Å². The molecule has 1 atom stereocenters. The van der Waals surface area contributed by atoms with Gasteiger partial charge in [-0.05, 0) is 0 Å². The molecule has 0 aliphatic carbocycles. The number of thiol groups is 1. The molecule has 0 radical (unpaired) electrons. The van der Waals surface area contributed by atoms with E-state index in [2.05, 4.69) is 8.45 Å². The first kappa shape index (κ1) is 15.8. The monoisotopic (exact) mass is 445 g/mol. The van der Waals surface area contributed by atoms with Gasteiger partial charge in [-0.2, -0.15) is 0 Å². The molecule has 1 N–H and O–H groups in total. The molecule has 1 unspecified atom stereocenters. The van der Waals surface area contributed by atoms with Crippen LogP contribution in [0.15, 0.2) is 0 Å². The fourth-order valence-electron chi connectivity index (χ4n) is 0.352. The first-order valence-corrected chi connectivity index (χ1v) is 21.4. The van der Waals surface area contributed by atoms with Gasteiger partial charge in [-0.1, -0.05) is 0 Å². The second-order valence-electron chi connectivity index (χ2n) is 2.12. The van der Waals surface area contributed by atoms with Crippen molar-refractivity contribution in [2.24, 2.45) is 0 Å². The van der Waals surface area contributed by atoms with E-state index in [1.54, 1.807) is 14.5 Å². The zero-order chi connectivity index (χ0) is 8.36. The van der Waals surface area contributed by atoms with Crippen molar-refractivity contribution in [2.75, 3.05) is 6.26 Å². The molecule has 0 rings (SSSR count). The molecule has 0 bridgehead atoms. The molecule has 0 aliphatic rings. The number of hydrogen-bond donors (Lipinski definition) is 2.